The summed E-state index contributed by atoms with van der Waals surface area (Å²) < 4.78 is 39.2. The molecule has 1 saturated carbocycles. The molecule has 4 N–H and O–H groups in total. The van der Waals surface area contributed by atoms with Crippen molar-refractivity contribution in [3.63, 3.8) is 0 Å². The summed E-state index contributed by atoms with van der Waals surface area (Å²) >= 11 is 0. The summed E-state index contributed by atoms with van der Waals surface area (Å²) in [6.07, 6.45) is 5.30. The number of halogens is 2. The predicted molar refractivity (Wildman–Crippen MR) is 178 cm³/mol. The first-order chi connectivity index (χ1) is 23.7. The smallest absolute Gasteiger partial charge is 0.407 e. The minimum absolute atomic E-state index is 0.0795. The molecule has 11 nitrogen and oxygen atoms in total. The fraction of sp³-hybridized carbons (Fsp3) is 0.306. The van der Waals surface area contributed by atoms with E-state index in [1.54, 1.807) is 6.08 Å². The third kappa shape index (κ3) is 10.7. The van der Waals surface area contributed by atoms with Gasteiger partial charge in [0.15, 0.2) is 11.6 Å². The first-order valence-electron chi connectivity index (χ1n) is 16.0. The fourth-order valence-corrected chi connectivity index (χ4v) is 5.55. The molecule has 3 aromatic rings. The molecule has 256 valence electrons. The molecule has 5 amide bonds. The van der Waals surface area contributed by atoms with Gasteiger partial charge in [-0.25, -0.2) is 18.4 Å². The van der Waals surface area contributed by atoms with Crippen molar-refractivity contribution in [3.05, 3.63) is 107 Å². The lowest BCUT2D eigenvalue weighted by atomic mass is 9.81. The Hall–Kier alpha value is -5.59. The average molecular weight is 674 g/mol. The Bertz CT molecular complexity index is 1690. The molecule has 0 radical (unpaired) electrons. The molecule has 0 bridgehead atoms. The van der Waals surface area contributed by atoms with Gasteiger partial charge in [0, 0.05) is 30.4 Å². The van der Waals surface area contributed by atoms with Gasteiger partial charge in [-0.05, 0) is 73.1 Å². The van der Waals surface area contributed by atoms with Crippen LogP contribution in [0, 0.1) is 23.5 Å². The van der Waals surface area contributed by atoms with E-state index in [4.69, 9.17) is 9.47 Å². The Kier molecular flexibility index (Phi) is 12.0. The first-order valence-corrected chi connectivity index (χ1v) is 16.0. The number of ether oxygens (including phenoxy) is 2. The Balaban J connectivity index is 1.04. The lowest BCUT2D eigenvalue weighted by molar-refractivity contribution is -0.126. The number of benzene rings is 3. The highest BCUT2D eigenvalue weighted by atomic mass is 19.1. The van der Waals surface area contributed by atoms with Crippen LogP contribution in [0.5, 0.6) is 5.75 Å². The number of hydrogen-bond donors (Lipinski definition) is 4. The Morgan fingerprint density at radius 3 is 2.37 bits per heavy atom. The summed E-state index contributed by atoms with van der Waals surface area (Å²) in [7, 11) is 0. The molecular formula is C36H37F2N5O6. The largest absolute Gasteiger partial charge is 0.456 e. The van der Waals surface area contributed by atoms with Gasteiger partial charge in [-0.1, -0.05) is 42.5 Å². The van der Waals surface area contributed by atoms with Crippen molar-refractivity contribution in [2.24, 2.45) is 16.8 Å². The third-order valence-corrected chi connectivity index (χ3v) is 8.21. The van der Waals surface area contributed by atoms with Gasteiger partial charge in [-0.15, -0.1) is 0 Å². The fourth-order valence-electron chi connectivity index (χ4n) is 5.55. The van der Waals surface area contributed by atoms with Gasteiger partial charge in [-0.3, -0.25) is 19.9 Å². The van der Waals surface area contributed by atoms with Crippen LogP contribution in [-0.2, 0) is 27.4 Å². The van der Waals surface area contributed by atoms with Gasteiger partial charge in [0.25, 0.3) is 0 Å². The van der Waals surface area contributed by atoms with Crippen LogP contribution in [0.1, 0.15) is 36.8 Å². The van der Waals surface area contributed by atoms with E-state index in [0.29, 0.717) is 30.7 Å². The molecule has 1 aliphatic heterocycles. The number of dihydropyridines is 1. The summed E-state index contributed by atoms with van der Waals surface area (Å²) in [5.41, 5.74) is 1.51. The molecule has 1 aliphatic carbocycles. The van der Waals surface area contributed by atoms with E-state index in [1.165, 1.54) is 42.6 Å². The quantitative estimate of drug-likeness (QED) is 0.214. The maximum Gasteiger partial charge on any atom is 0.407 e. The summed E-state index contributed by atoms with van der Waals surface area (Å²) in [6, 6.07) is 17.0. The van der Waals surface area contributed by atoms with Gasteiger partial charge in [0.05, 0.1) is 13.0 Å². The predicted octanol–water partition coefficient (Wildman–Crippen LogP) is 5.42. The standard InChI is InChI=1S/C36H37F2N5O6/c37-27-12-8-23(9-13-27)18-33(44)43-35(46)41-28-14-15-31(29(38)19-28)49-32-16-17-39-21-30(32)42-34(45)26-10-6-24(7-11-26)20-40-36(47)48-22-25-4-2-1-3-5-25/h1-5,8-9,12-17,19,24,26,30H,6-7,10-11,18,20-22H2,(H,40,47)(H,42,45)(H2,41,43,44,46). The van der Waals surface area contributed by atoms with Gasteiger partial charge in [-0.2, -0.15) is 0 Å². The van der Waals surface area contributed by atoms with Crippen LogP contribution in [-0.4, -0.2) is 49.3 Å². The van der Waals surface area contributed by atoms with Crippen molar-refractivity contribution < 1.29 is 37.4 Å². The topological polar surface area (TPSA) is 147 Å². The number of nitrogens with zero attached hydrogens (tertiary/aromatic N) is 1. The highest BCUT2D eigenvalue weighted by molar-refractivity contribution is 6.01. The van der Waals surface area contributed by atoms with Crippen LogP contribution in [0.4, 0.5) is 24.1 Å². The van der Waals surface area contributed by atoms with Crippen LogP contribution in [0.2, 0.25) is 0 Å². The second-order valence-corrected chi connectivity index (χ2v) is 11.9. The minimum Gasteiger partial charge on any atom is -0.456 e. The van der Waals surface area contributed by atoms with Gasteiger partial charge >= 0.3 is 12.1 Å². The zero-order valence-corrected chi connectivity index (χ0v) is 26.6. The number of alkyl carbamates (subject to hydrolysis) is 1. The molecule has 49 heavy (non-hydrogen) atoms. The van der Waals surface area contributed by atoms with Crippen molar-refractivity contribution in [1.29, 1.82) is 0 Å². The molecule has 13 heteroatoms. The number of rotatable bonds is 11. The lowest BCUT2D eigenvalue weighted by Gasteiger charge is -2.30. The summed E-state index contributed by atoms with van der Waals surface area (Å²) in [5.74, 6) is -1.79. The number of nitrogens with one attached hydrogen (secondary N) is 4. The summed E-state index contributed by atoms with van der Waals surface area (Å²) in [6.45, 7) is 0.888. The van der Waals surface area contributed by atoms with E-state index in [0.717, 1.165) is 24.5 Å². The molecular weight excluding hydrogens is 636 g/mol. The number of amides is 5. The molecule has 0 aromatic heterocycles. The SMILES string of the molecule is O=C(Cc1ccc(F)cc1)NC(=O)Nc1ccc(OC2=CC=NCC2NC(=O)C2CCC(CNC(=O)OCc3ccccc3)CC2)c(F)c1. The van der Waals surface area contributed by atoms with Crippen molar-refractivity contribution in [1.82, 2.24) is 16.0 Å². The van der Waals surface area contributed by atoms with Crippen LogP contribution < -0.4 is 26.0 Å². The van der Waals surface area contributed by atoms with Crippen molar-refractivity contribution in [2.45, 2.75) is 44.8 Å². The number of aliphatic imine (C=N–C) groups is 1. The van der Waals surface area contributed by atoms with Gasteiger partial charge < -0.3 is 25.4 Å². The molecule has 0 saturated heterocycles. The Morgan fingerprint density at radius 1 is 0.878 bits per heavy atom. The molecule has 5 rings (SSSR count). The number of urea groups is 1. The monoisotopic (exact) mass is 673 g/mol. The number of allylic oxidation sites excluding steroid dienone is 1. The molecule has 3 aromatic carbocycles. The van der Waals surface area contributed by atoms with E-state index >= 15 is 4.39 Å². The van der Waals surface area contributed by atoms with E-state index in [2.05, 4.69) is 26.3 Å². The van der Waals surface area contributed by atoms with E-state index in [-0.39, 0.29) is 48.8 Å². The molecule has 1 heterocycles. The number of imide groups is 1. The number of carbonyl (C=O) groups is 4. The second kappa shape index (κ2) is 17.0. The molecule has 1 fully saturated rings. The molecule has 0 spiro atoms. The summed E-state index contributed by atoms with van der Waals surface area (Å²) in [5, 5.41) is 10.3. The highest BCUT2D eigenvalue weighted by Crippen LogP contribution is 2.29. The molecule has 1 unspecified atom stereocenters. The molecule has 2 aliphatic rings. The second-order valence-electron chi connectivity index (χ2n) is 11.9. The number of anilines is 1. The maximum absolute atomic E-state index is 15.0. The lowest BCUT2D eigenvalue weighted by Crippen LogP contribution is -2.45. The van der Waals surface area contributed by atoms with Crippen molar-refractivity contribution in [3.8, 4) is 5.75 Å². The van der Waals surface area contributed by atoms with Crippen LogP contribution in [0.25, 0.3) is 0 Å². The van der Waals surface area contributed by atoms with Gasteiger partial charge in [0.2, 0.25) is 11.8 Å². The molecule has 1 atom stereocenters. The van der Waals surface area contributed by atoms with E-state index < -0.39 is 35.7 Å². The Morgan fingerprint density at radius 2 is 1.63 bits per heavy atom. The normalized spacial score (nSPS) is 18.4. The average Bonchev–Trinajstić information content (AvgIpc) is 3.10. The number of hydrogen-bond acceptors (Lipinski definition) is 7. The van der Waals surface area contributed by atoms with Crippen molar-refractivity contribution in [2.75, 3.05) is 18.4 Å². The van der Waals surface area contributed by atoms with Crippen LogP contribution in [0.15, 0.2) is 89.6 Å². The zero-order chi connectivity index (χ0) is 34.6. The first kappa shape index (κ1) is 34.7. The summed E-state index contributed by atoms with van der Waals surface area (Å²) in [4.78, 5) is 53.9. The maximum atomic E-state index is 15.0. The van der Waals surface area contributed by atoms with E-state index in [1.807, 2.05) is 30.3 Å². The highest BCUT2D eigenvalue weighted by Gasteiger charge is 2.30. The Labute approximate surface area is 282 Å². The van der Waals surface area contributed by atoms with Crippen molar-refractivity contribution >= 4 is 35.8 Å². The minimum atomic E-state index is -0.860. The van der Waals surface area contributed by atoms with E-state index in [9.17, 15) is 23.6 Å². The number of carbonyl (C=O) groups excluding carboxylic acids is 4. The van der Waals surface area contributed by atoms with Crippen LogP contribution in [0.3, 0.4) is 0 Å². The zero-order valence-electron chi connectivity index (χ0n) is 26.6. The van der Waals surface area contributed by atoms with Crippen LogP contribution >= 0.6 is 0 Å². The third-order valence-electron chi connectivity index (χ3n) is 8.21. The van der Waals surface area contributed by atoms with Gasteiger partial charge in [0.1, 0.15) is 24.2 Å².